The molecule has 3 atom stereocenters. The van der Waals surface area contributed by atoms with Crippen LogP contribution in [-0.4, -0.2) is 81.8 Å². The van der Waals surface area contributed by atoms with Crippen LogP contribution in [0, 0.1) is 0 Å². The average molecular weight is 466 g/mol. The highest BCUT2D eigenvalue weighted by Gasteiger charge is 2.42. The summed E-state index contributed by atoms with van der Waals surface area (Å²) >= 11 is 0. The summed E-state index contributed by atoms with van der Waals surface area (Å²) in [7, 11) is -2.24. The predicted molar refractivity (Wildman–Crippen MR) is 108 cm³/mol. The molecule has 0 aliphatic carbocycles. The standard InChI is InChI=1S/C16H25F3N8O3S/c1-4-26-8-21-11-13(23-10-5-6-27(7-10)31(29,30)20-3)24-15(25-14(11)26)22-9(2)12(28)16(17,18)19/h8-10,12,20,28H,4-7H2,1-3H3,(H2,22,23,24,25)/t9-,10-,12+/m0/s1. The van der Waals surface area contributed by atoms with Gasteiger partial charge in [-0.25, -0.2) is 9.71 Å². The van der Waals surface area contributed by atoms with Crippen LogP contribution in [0.15, 0.2) is 6.33 Å². The zero-order valence-electron chi connectivity index (χ0n) is 17.2. The second-order valence-corrected chi connectivity index (χ2v) is 9.09. The largest absolute Gasteiger partial charge is 0.416 e. The first kappa shape index (κ1) is 23.4. The zero-order chi connectivity index (χ0) is 23.0. The summed E-state index contributed by atoms with van der Waals surface area (Å²) in [4.78, 5) is 12.8. The molecule has 3 heterocycles. The van der Waals surface area contributed by atoms with Gasteiger partial charge in [0.1, 0.15) is 0 Å². The van der Waals surface area contributed by atoms with Crippen LogP contribution >= 0.6 is 0 Å². The zero-order valence-corrected chi connectivity index (χ0v) is 18.0. The van der Waals surface area contributed by atoms with Crippen LogP contribution in [0.2, 0.25) is 0 Å². The molecule has 1 saturated heterocycles. The van der Waals surface area contributed by atoms with Crippen LogP contribution in [0.3, 0.4) is 0 Å². The summed E-state index contributed by atoms with van der Waals surface area (Å²) in [6.45, 7) is 4.04. The van der Waals surface area contributed by atoms with Gasteiger partial charge >= 0.3 is 6.18 Å². The third kappa shape index (κ3) is 4.99. The van der Waals surface area contributed by atoms with Gasteiger partial charge in [0, 0.05) is 32.7 Å². The molecule has 0 bridgehead atoms. The van der Waals surface area contributed by atoms with Crippen molar-refractivity contribution in [2.75, 3.05) is 30.8 Å². The van der Waals surface area contributed by atoms with E-state index in [4.69, 9.17) is 0 Å². The van der Waals surface area contributed by atoms with Gasteiger partial charge in [0.2, 0.25) is 5.95 Å². The van der Waals surface area contributed by atoms with Crippen molar-refractivity contribution in [3.05, 3.63) is 6.33 Å². The van der Waals surface area contributed by atoms with Crippen molar-refractivity contribution in [1.29, 1.82) is 0 Å². The molecule has 2 aromatic rings. The lowest BCUT2D eigenvalue weighted by atomic mass is 10.2. The van der Waals surface area contributed by atoms with Gasteiger partial charge in [-0.3, -0.25) is 0 Å². The molecule has 0 radical (unpaired) electrons. The van der Waals surface area contributed by atoms with Gasteiger partial charge in [-0.05, 0) is 20.3 Å². The van der Waals surface area contributed by atoms with Gasteiger partial charge in [-0.1, -0.05) is 0 Å². The molecule has 0 saturated carbocycles. The number of nitrogens with one attached hydrogen (secondary N) is 3. The van der Waals surface area contributed by atoms with Crippen molar-refractivity contribution in [1.82, 2.24) is 28.5 Å². The molecule has 0 spiro atoms. The highest BCUT2D eigenvalue weighted by Crippen LogP contribution is 2.27. The van der Waals surface area contributed by atoms with E-state index >= 15 is 0 Å². The van der Waals surface area contributed by atoms with Crippen LogP contribution in [0.1, 0.15) is 20.3 Å². The SMILES string of the molecule is CCn1cnc2c(N[C@H]3CCN(S(=O)(=O)NC)C3)nc(N[C@@H](C)[C@@H](O)C(F)(F)F)nc21. The van der Waals surface area contributed by atoms with E-state index in [1.54, 1.807) is 4.57 Å². The third-order valence-corrected chi connectivity index (χ3v) is 6.59. The minimum absolute atomic E-state index is 0.112. The summed E-state index contributed by atoms with van der Waals surface area (Å²) in [5.74, 6) is 0.154. The molecule has 31 heavy (non-hydrogen) atoms. The van der Waals surface area contributed by atoms with E-state index in [-0.39, 0.29) is 24.4 Å². The molecule has 4 N–H and O–H groups in total. The fourth-order valence-corrected chi connectivity index (χ4v) is 4.27. The maximum atomic E-state index is 12.8. The van der Waals surface area contributed by atoms with E-state index in [9.17, 15) is 26.7 Å². The molecule has 0 unspecified atom stereocenters. The van der Waals surface area contributed by atoms with E-state index in [1.165, 1.54) is 24.6 Å². The van der Waals surface area contributed by atoms with Crippen LogP contribution in [0.25, 0.3) is 11.2 Å². The van der Waals surface area contributed by atoms with Crippen LogP contribution in [0.4, 0.5) is 24.9 Å². The minimum Gasteiger partial charge on any atom is -0.382 e. The first-order chi connectivity index (χ1) is 14.5. The number of rotatable bonds is 8. The number of aliphatic hydroxyl groups is 1. The van der Waals surface area contributed by atoms with Gasteiger partial charge in [0.25, 0.3) is 10.2 Å². The molecule has 0 amide bonds. The number of aliphatic hydroxyl groups excluding tert-OH is 1. The summed E-state index contributed by atoms with van der Waals surface area (Å²) < 4.78 is 67.7. The number of aromatic nitrogens is 4. The van der Waals surface area contributed by atoms with E-state index in [1.807, 2.05) is 6.92 Å². The molecule has 3 rings (SSSR count). The number of anilines is 2. The van der Waals surface area contributed by atoms with Crippen molar-refractivity contribution >= 4 is 33.1 Å². The van der Waals surface area contributed by atoms with Crippen molar-refractivity contribution in [2.45, 2.75) is 51.2 Å². The Morgan fingerprint density at radius 2 is 2.06 bits per heavy atom. The Kier molecular flexibility index (Phi) is 6.59. The smallest absolute Gasteiger partial charge is 0.382 e. The Labute approximate surface area is 177 Å². The third-order valence-electron chi connectivity index (χ3n) is 5.06. The Hall–Kier alpha value is -2.23. The monoisotopic (exact) mass is 466 g/mol. The molecule has 0 aromatic carbocycles. The Balaban J connectivity index is 1.88. The number of hydrogen-bond donors (Lipinski definition) is 4. The first-order valence-electron chi connectivity index (χ1n) is 9.65. The summed E-state index contributed by atoms with van der Waals surface area (Å²) in [5.41, 5.74) is 0.806. The first-order valence-corrected chi connectivity index (χ1v) is 11.1. The van der Waals surface area contributed by atoms with Crippen LogP contribution in [-0.2, 0) is 16.8 Å². The second kappa shape index (κ2) is 8.72. The summed E-state index contributed by atoms with van der Waals surface area (Å²) in [6, 6.07) is -1.68. The lowest BCUT2D eigenvalue weighted by molar-refractivity contribution is -0.206. The lowest BCUT2D eigenvalue weighted by Gasteiger charge is -2.23. The Morgan fingerprint density at radius 1 is 1.35 bits per heavy atom. The number of imidazole rings is 1. The molecule has 11 nitrogen and oxygen atoms in total. The fraction of sp³-hybridized carbons (Fsp3) is 0.688. The van der Waals surface area contributed by atoms with Gasteiger partial charge < -0.3 is 20.3 Å². The number of alkyl halides is 3. The number of nitrogens with zero attached hydrogens (tertiary/aromatic N) is 5. The van der Waals surface area contributed by atoms with E-state index < -0.39 is 28.5 Å². The Bertz CT molecular complexity index is 1030. The highest BCUT2D eigenvalue weighted by atomic mass is 32.2. The van der Waals surface area contributed by atoms with Gasteiger partial charge in [0.05, 0.1) is 12.4 Å². The molecule has 174 valence electrons. The predicted octanol–water partition coefficient (Wildman–Crippen LogP) is 0.520. The van der Waals surface area contributed by atoms with Gasteiger partial charge in [0.15, 0.2) is 23.1 Å². The van der Waals surface area contributed by atoms with Crippen molar-refractivity contribution in [3.63, 3.8) is 0 Å². The van der Waals surface area contributed by atoms with E-state index in [0.717, 1.165) is 0 Å². The summed E-state index contributed by atoms with van der Waals surface area (Å²) in [6.07, 6.45) is -5.36. The molecule has 1 fully saturated rings. The second-order valence-electron chi connectivity index (χ2n) is 7.22. The number of aryl methyl sites for hydroxylation is 1. The maximum Gasteiger partial charge on any atom is 0.416 e. The molecular formula is C16H25F3N8O3S. The van der Waals surface area contributed by atoms with E-state index in [2.05, 4.69) is 30.3 Å². The quantitative estimate of drug-likeness (QED) is 0.442. The Morgan fingerprint density at radius 3 is 2.68 bits per heavy atom. The maximum absolute atomic E-state index is 12.8. The number of halogens is 3. The minimum atomic E-state index is -4.80. The molecule has 1 aliphatic rings. The lowest BCUT2D eigenvalue weighted by Crippen LogP contribution is -2.42. The van der Waals surface area contributed by atoms with Crippen molar-refractivity contribution in [2.24, 2.45) is 0 Å². The van der Waals surface area contributed by atoms with Crippen LogP contribution < -0.4 is 15.4 Å². The summed E-state index contributed by atoms with van der Waals surface area (Å²) in [5, 5.41) is 15.1. The average Bonchev–Trinajstić information content (AvgIpc) is 3.34. The van der Waals surface area contributed by atoms with Crippen LogP contribution in [0.5, 0.6) is 0 Å². The highest BCUT2D eigenvalue weighted by molar-refractivity contribution is 7.87. The van der Waals surface area contributed by atoms with E-state index in [0.29, 0.717) is 30.7 Å². The van der Waals surface area contributed by atoms with Gasteiger partial charge in [-0.2, -0.15) is 35.9 Å². The molecular weight excluding hydrogens is 441 g/mol. The van der Waals surface area contributed by atoms with Crippen molar-refractivity contribution < 1.29 is 26.7 Å². The number of fused-ring (bicyclic) bond motifs is 1. The molecule has 1 aliphatic heterocycles. The van der Waals surface area contributed by atoms with Gasteiger partial charge in [-0.15, -0.1) is 0 Å². The molecule has 2 aromatic heterocycles. The number of hydrogen-bond acceptors (Lipinski definition) is 8. The molecule has 15 heteroatoms. The topological polar surface area (TPSA) is 137 Å². The van der Waals surface area contributed by atoms with Crippen molar-refractivity contribution in [3.8, 4) is 0 Å². The normalized spacial score (nSPS) is 20.2. The fourth-order valence-electron chi connectivity index (χ4n) is 3.29.